The van der Waals surface area contributed by atoms with Gasteiger partial charge in [0.05, 0.1) is 26.4 Å². The monoisotopic (exact) mass is 574 g/mol. The Bertz CT molecular complexity index is 737. The third kappa shape index (κ3) is 11.2. The predicted molar refractivity (Wildman–Crippen MR) is 133 cm³/mol. The van der Waals surface area contributed by atoms with Gasteiger partial charge in [0, 0.05) is 47.1 Å². The van der Waals surface area contributed by atoms with Gasteiger partial charge in [-0.25, -0.2) is 0 Å². The Hall–Kier alpha value is -1.80. The number of ether oxygens (including phenoxy) is 4. The van der Waals surface area contributed by atoms with E-state index in [4.69, 9.17) is 18.9 Å². The first-order chi connectivity index (χ1) is 15.6. The lowest BCUT2D eigenvalue weighted by atomic mass is 10.3. The number of halogens is 2. The summed E-state index contributed by atoms with van der Waals surface area (Å²) in [6.07, 6.45) is 5.66. The molecule has 0 aromatic heterocycles. The van der Waals surface area contributed by atoms with Gasteiger partial charge in [-0.1, -0.05) is 31.9 Å². The van der Waals surface area contributed by atoms with Crippen molar-refractivity contribution in [2.75, 3.05) is 37.1 Å². The van der Waals surface area contributed by atoms with Crippen LogP contribution in [0.5, 0.6) is 34.5 Å². The summed E-state index contributed by atoms with van der Waals surface area (Å²) in [7, 11) is 0. The van der Waals surface area contributed by atoms with Crippen molar-refractivity contribution in [2.24, 2.45) is 0 Å². The van der Waals surface area contributed by atoms with Gasteiger partial charge in [-0.15, -0.1) is 0 Å². The fourth-order valence-corrected chi connectivity index (χ4v) is 3.60. The van der Waals surface area contributed by atoms with Crippen molar-refractivity contribution in [3.05, 3.63) is 36.4 Å². The molecule has 0 bridgehead atoms. The van der Waals surface area contributed by atoms with Crippen LogP contribution in [0.4, 0.5) is 0 Å². The van der Waals surface area contributed by atoms with Gasteiger partial charge in [-0.3, -0.25) is 0 Å². The third-order valence-corrected chi connectivity index (χ3v) is 5.52. The highest BCUT2D eigenvalue weighted by atomic mass is 79.9. The number of benzene rings is 2. The van der Waals surface area contributed by atoms with Gasteiger partial charge in [0.1, 0.15) is 34.5 Å². The zero-order valence-electron chi connectivity index (χ0n) is 18.2. The molecular formula is C24H32Br2O6. The molecule has 2 aromatic rings. The summed E-state index contributed by atoms with van der Waals surface area (Å²) >= 11 is 6.87. The molecule has 2 rings (SSSR count). The second-order valence-corrected chi connectivity index (χ2v) is 8.80. The standard InChI is InChI=1S/C24H32Br2O6/c25-7-1-3-9-30-22-16-23(31-10-4-2-8-26)18-24(17-22)32-12-6-5-11-29-21-14-19(27)13-20(28)15-21/h13-18,27-28H,1-12H2. The summed E-state index contributed by atoms with van der Waals surface area (Å²) < 4.78 is 23.2. The maximum atomic E-state index is 9.48. The molecule has 0 saturated carbocycles. The quantitative estimate of drug-likeness (QED) is 0.167. The van der Waals surface area contributed by atoms with E-state index in [9.17, 15) is 10.2 Å². The molecule has 32 heavy (non-hydrogen) atoms. The second kappa shape index (κ2) is 15.9. The van der Waals surface area contributed by atoms with E-state index in [1.54, 1.807) is 0 Å². The highest BCUT2D eigenvalue weighted by molar-refractivity contribution is 9.09. The highest BCUT2D eigenvalue weighted by Gasteiger charge is 2.06. The van der Waals surface area contributed by atoms with E-state index in [-0.39, 0.29) is 11.5 Å². The molecule has 0 fully saturated rings. The van der Waals surface area contributed by atoms with Gasteiger partial charge in [-0.2, -0.15) is 0 Å². The molecule has 0 aliphatic rings. The third-order valence-electron chi connectivity index (χ3n) is 4.40. The largest absolute Gasteiger partial charge is 0.508 e. The van der Waals surface area contributed by atoms with Crippen molar-refractivity contribution in [1.29, 1.82) is 0 Å². The zero-order chi connectivity index (χ0) is 23.0. The van der Waals surface area contributed by atoms with Crippen molar-refractivity contribution < 1.29 is 29.2 Å². The van der Waals surface area contributed by atoms with Crippen LogP contribution in [0.3, 0.4) is 0 Å². The van der Waals surface area contributed by atoms with E-state index in [1.807, 2.05) is 18.2 Å². The molecule has 0 aliphatic heterocycles. The smallest absolute Gasteiger partial charge is 0.126 e. The van der Waals surface area contributed by atoms with Crippen LogP contribution in [0.2, 0.25) is 0 Å². The molecule has 0 amide bonds. The Kier molecular flexibility index (Phi) is 13.2. The Morgan fingerprint density at radius 1 is 0.469 bits per heavy atom. The number of aromatic hydroxyl groups is 2. The molecule has 6 nitrogen and oxygen atoms in total. The number of phenols is 2. The number of hydrogen-bond acceptors (Lipinski definition) is 6. The highest BCUT2D eigenvalue weighted by Crippen LogP contribution is 2.29. The molecule has 2 aromatic carbocycles. The fraction of sp³-hybridized carbons (Fsp3) is 0.500. The number of unbranched alkanes of at least 4 members (excludes halogenated alkanes) is 3. The molecule has 0 heterocycles. The van der Waals surface area contributed by atoms with Crippen molar-refractivity contribution in [3.8, 4) is 34.5 Å². The van der Waals surface area contributed by atoms with E-state index in [2.05, 4.69) is 31.9 Å². The Balaban J connectivity index is 1.79. The van der Waals surface area contributed by atoms with E-state index < -0.39 is 0 Å². The van der Waals surface area contributed by atoms with Gasteiger partial charge in [0.15, 0.2) is 0 Å². The molecule has 0 aliphatic carbocycles. The number of phenolic OH excluding ortho intramolecular Hbond substituents is 2. The second-order valence-electron chi connectivity index (χ2n) is 7.22. The van der Waals surface area contributed by atoms with Crippen molar-refractivity contribution in [1.82, 2.24) is 0 Å². The first kappa shape index (κ1) is 26.5. The van der Waals surface area contributed by atoms with Crippen molar-refractivity contribution in [2.45, 2.75) is 38.5 Å². The van der Waals surface area contributed by atoms with Crippen LogP contribution in [0.25, 0.3) is 0 Å². The summed E-state index contributed by atoms with van der Waals surface area (Å²) in [5, 5.41) is 20.9. The van der Waals surface area contributed by atoms with Crippen LogP contribution in [-0.4, -0.2) is 47.3 Å². The molecule has 0 spiro atoms. The van der Waals surface area contributed by atoms with Crippen LogP contribution in [0, 0.1) is 0 Å². The van der Waals surface area contributed by atoms with E-state index in [1.165, 1.54) is 18.2 Å². The first-order valence-electron chi connectivity index (χ1n) is 10.9. The minimum absolute atomic E-state index is 0.0251. The topological polar surface area (TPSA) is 77.4 Å². The SMILES string of the molecule is Oc1cc(O)cc(OCCCCOc2cc(OCCCCBr)cc(OCCCCBr)c2)c1. The van der Waals surface area contributed by atoms with E-state index in [0.717, 1.165) is 66.4 Å². The number of rotatable bonds is 17. The Morgan fingerprint density at radius 2 is 0.781 bits per heavy atom. The molecule has 0 atom stereocenters. The predicted octanol–water partition coefficient (Wildman–Crippen LogP) is 6.44. The summed E-state index contributed by atoms with van der Waals surface area (Å²) in [4.78, 5) is 0. The molecule has 0 unspecified atom stereocenters. The maximum Gasteiger partial charge on any atom is 0.126 e. The summed E-state index contributed by atoms with van der Waals surface area (Å²) in [5.41, 5.74) is 0. The molecule has 2 N–H and O–H groups in total. The Labute approximate surface area is 207 Å². The van der Waals surface area contributed by atoms with E-state index in [0.29, 0.717) is 32.2 Å². The average molecular weight is 576 g/mol. The normalized spacial score (nSPS) is 10.7. The van der Waals surface area contributed by atoms with Crippen LogP contribution in [0.15, 0.2) is 36.4 Å². The lowest BCUT2D eigenvalue weighted by molar-refractivity contribution is 0.259. The summed E-state index contributed by atoms with van der Waals surface area (Å²) in [6.45, 7) is 2.30. The molecular weight excluding hydrogens is 544 g/mol. The van der Waals surface area contributed by atoms with Crippen molar-refractivity contribution in [3.63, 3.8) is 0 Å². The molecule has 0 saturated heterocycles. The zero-order valence-corrected chi connectivity index (χ0v) is 21.4. The van der Waals surface area contributed by atoms with Crippen LogP contribution in [0.1, 0.15) is 38.5 Å². The Morgan fingerprint density at radius 3 is 1.12 bits per heavy atom. The number of hydrogen-bond donors (Lipinski definition) is 2. The number of alkyl halides is 2. The summed E-state index contributed by atoms with van der Waals surface area (Å²) in [6, 6.07) is 9.91. The van der Waals surface area contributed by atoms with Crippen molar-refractivity contribution >= 4 is 31.9 Å². The van der Waals surface area contributed by atoms with Gasteiger partial charge in [0.2, 0.25) is 0 Å². The average Bonchev–Trinajstić information content (AvgIpc) is 2.76. The first-order valence-corrected chi connectivity index (χ1v) is 13.2. The van der Waals surface area contributed by atoms with Gasteiger partial charge < -0.3 is 29.2 Å². The molecule has 0 radical (unpaired) electrons. The maximum absolute atomic E-state index is 9.48. The van der Waals surface area contributed by atoms with E-state index >= 15 is 0 Å². The minimum Gasteiger partial charge on any atom is -0.508 e. The van der Waals surface area contributed by atoms with Gasteiger partial charge in [-0.05, 0) is 38.5 Å². The van der Waals surface area contributed by atoms with Gasteiger partial charge >= 0.3 is 0 Å². The molecule has 8 heteroatoms. The van der Waals surface area contributed by atoms with Gasteiger partial charge in [0.25, 0.3) is 0 Å². The van der Waals surface area contributed by atoms with Crippen LogP contribution < -0.4 is 18.9 Å². The lowest BCUT2D eigenvalue weighted by Gasteiger charge is -2.13. The van der Waals surface area contributed by atoms with Crippen LogP contribution in [-0.2, 0) is 0 Å². The van der Waals surface area contributed by atoms with Crippen LogP contribution >= 0.6 is 31.9 Å². The molecule has 178 valence electrons. The fourth-order valence-electron chi connectivity index (χ4n) is 2.80. The minimum atomic E-state index is -0.0251. The summed E-state index contributed by atoms with van der Waals surface area (Å²) in [5.74, 6) is 2.61. The lowest BCUT2D eigenvalue weighted by Crippen LogP contribution is -2.04.